The van der Waals surface area contributed by atoms with Gasteiger partial charge in [-0.3, -0.25) is 0 Å². The topological polar surface area (TPSA) is 51.5 Å². The molecule has 0 fully saturated rings. The average Bonchev–Trinajstić information content (AvgIpc) is 1.60. The largest absolute Gasteiger partial charge is 1.00 e. The van der Waals surface area contributed by atoms with Gasteiger partial charge < -0.3 is 4.72 Å². The van der Waals surface area contributed by atoms with Gasteiger partial charge in [0.25, 0.3) is 0 Å². The maximum atomic E-state index is 10.9. The van der Waals surface area contributed by atoms with Crippen LogP contribution < -0.4 is 29.6 Å². The van der Waals surface area contributed by atoms with Crippen molar-refractivity contribution >= 4 is 10.2 Å². The van der Waals surface area contributed by atoms with Crippen LogP contribution in [-0.2, 0) is 10.2 Å². The van der Waals surface area contributed by atoms with Crippen LogP contribution in [0.15, 0.2) is 0 Å². The monoisotopic (exact) mass is 188 g/mol. The predicted molar refractivity (Wildman–Crippen MR) is 41.1 cm³/mol. The molecule has 0 aromatic carbocycles. The maximum absolute atomic E-state index is 10.9. The van der Waals surface area contributed by atoms with Gasteiger partial charge in [-0.25, -0.2) is 12.7 Å². The Labute approximate surface area is 90.8 Å². The normalized spacial score (nSPS) is 11.8. The molecule has 0 N–H and O–H groups in total. The molecule has 0 aromatic heterocycles. The van der Waals surface area contributed by atoms with Gasteiger partial charge in [-0.1, -0.05) is 13.8 Å². The summed E-state index contributed by atoms with van der Waals surface area (Å²) in [4.78, 5) is 0. The second-order valence-corrected chi connectivity index (χ2v) is 4.30. The molecule has 0 atom stereocenters. The molecule has 6 heteroatoms. The Balaban J connectivity index is 0. The van der Waals surface area contributed by atoms with Gasteiger partial charge in [-0.2, -0.15) is 0 Å². The summed E-state index contributed by atoms with van der Waals surface area (Å²) in [7, 11) is -0.420. The maximum Gasteiger partial charge on any atom is 1.00 e. The fourth-order valence-electron chi connectivity index (χ4n) is 0.361. The molecule has 0 saturated heterocycles. The van der Waals surface area contributed by atoms with Gasteiger partial charge in [0, 0.05) is 14.1 Å². The fourth-order valence-corrected chi connectivity index (χ4v) is 1.08. The SMILES string of the molecule is CC(C)[N-]S(=O)(=O)N(C)C.[Na+]. The third-order valence-electron chi connectivity index (χ3n) is 0.805. The van der Waals surface area contributed by atoms with E-state index in [4.69, 9.17) is 0 Å². The molecule has 0 aliphatic carbocycles. The zero-order valence-corrected chi connectivity index (χ0v) is 10.5. The van der Waals surface area contributed by atoms with Gasteiger partial charge >= 0.3 is 29.6 Å². The van der Waals surface area contributed by atoms with Crippen molar-refractivity contribution in [3.05, 3.63) is 4.72 Å². The van der Waals surface area contributed by atoms with Gasteiger partial charge in [-0.15, -0.1) is 6.04 Å². The van der Waals surface area contributed by atoms with Crippen molar-refractivity contribution in [3.8, 4) is 0 Å². The molecule has 0 radical (unpaired) electrons. The molecule has 0 heterocycles. The summed E-state index contributed by atoms with van der Waals surface area (Å²) in [5, 5.41) is 0. The van der Waals surface area contributed by atoms with Crippen molar-refractivity contribution in [2.45, 2.75) is 19.9 Å². The third-order valence-corrected chi connectivity index (χ3v) is 2.42. The first kappa shape index (κ1) is 14.4. The Hall–Kier alpha value is 0.870. The van der Waals surface area contributed by atoms with E-state index in [9.17, 15) is 8.42 Å². The van der Waals surface area contributed by atoms with Crippen LogP contribution in [0.3, 0.4) is 0 Å². The van der Waals surface area contributed by atoms with E-state index in [1.165, 1.54) is 14.1 Å². The first-order valence-corrected chi connectivity index (χ1v) is 4.40. The fraction of sp³-hybridized carbons (Fsp3) is 1.00. The summed E-state index contributed by atoms with van der Waals surface area (Å²) < 4.78 is 26.4. The molecule has 0 spiro atoms. The van der Waals surface area contributed by atoms with Crippen LogP contribution in [0, 0.1) is 0 Å². The first-order valence-electron chi connectivity index (χ1n) is 3.01. The van der Waals surface area contributed by atoms with Crippen LogP contribution in [0.1, 0.15) is 13.8 Å². The van der Waals surface area contributed by atoms with Crippen LogP contribution in [0.5, 0.6) is 0 Å². The van der Waals surface area contributed by atoms with E-state index >= 15 is 0 Å². The number of rotatable bonds is 3. The molecular weight excluding hydrogens is 175 g/mol. The minimum atomic E-state index is -3.34. The van der Waals surface area contributed by atoms with Gasteiger partial charge in [0.2, 0.25) is 0 Å². The molecular formula is C5H13N2NaO2S. The van der Waals surface area contributed by atoms with Crippen LogP contribution in [0.4, 0.5) is 0 Å². The standard InChI is InChI=1S/C5H13N2O2S.Na/c1-5(2)6-10(8,9)7(3)4;/h5H,1-4H3;/q-1;+1. The van der Waals surface area contributed by atoms with Gasteiger partial charge in [0.15, 0.2) is 0 Å². The minimum absolute atomic E-state index is 0. The Kier molecular flexibility index (Phi) is 7.20. The van der Waals surface area contributed by atoms with Gasteiger partial charge in [0.1, 0.15) is 10.2 Å². The summed E-state index contributed by atoms with van der Waals surface area (Å²) in [5.41, 5.74) is 0. The predicted octanol–water partition coefficient (Wildman–Crippen LogP) is -2.42. The molecule has 11 heavy (non-hydrogen) atoms. The number of hydrogen-bond donors (Lipinski definition) is 0. The van der Waals surface area contributed by atoms with Crippen LogP contribution in [0.25, 0.3) is 4.72 Å². The Bertz CT molecular complexity index is 189. The van der Waals surface area contributed by atoms with Crippen molar-refractivity contribution in [1.29, 1.82) is 0 Å². The first-order chi connectivity index (χ1) is 4.36. The Morgan fingerprint density at radius 3 is 1.73 bits per heavy atom. The molecule has 0 rings (SSSR count). The van der Waals surface area contributed by atoms with Crippen molar-refractivity contribution in [1.82, 2.24) is 4.31 Å². The van der Waals surface area contributed by atoms with E-state index in [0.29, 0.717) is 0 Å². The van der Waals surface area contributed by atoms with Crippen LogP contribution in [0.2, 0.25) is 0 Å². The van der Waals surface area contributed by atoms with Crippen LogP contribution in [-0.4, -0.2) is 32.9 Å². The summed E-state index contributed by atoms with van der Waals surface area (Å²) in [6.45, 7) is 3.45. The van der Waals surface area contributed by atoms with Crippen molar-refractivity contribution in [2.24, 2.45) is 0 Å². The molecule has 0 amide bonds. The Morgan fingerprint density at radius 1 is 1.27 bits per heavy atom. The summed E-state index contributed by atoms with van der Waals surface area (Å²) in [6, 6.07) is -0.174. The molecule has 62 valence electrons. The van der Waals surface area contributed by atoms with Gasteiger partial charge in [-0.05, 0) is 0 Å². The summed E-state index contributed by atoms with van der Waals surface area (Å²) in [5.74, 6) is 0. The summed E-state index contributed by atoms with van der Waals surface area (Å²) >= 11 is 0. The molecule has 0 aromatic rings. The quantitative estimate of drug-likeness (QED) is 0.463. The zero-order chi connectivity index (χ0) is 8.36. The van der Waals surface area contributed by atoms with E-state index in [0.717, 1.165) is 4.31 Å². The van der Waals surface area contributed by atoms with E-state index in [1.54, 1.807) is 13.8 Å². The van der Waals surface area contributed by atoms with E-state index in [-0.39, 0.29) is 35.6 Å². The molecule has 0 unspecified atom stereocenters. The molecule has 0 saturated carbocycles. The number of hydrogen-bond acceptors (Lipinski definition) is 2. The second-order valence-electron chi connectivity index (χ2n) is 2.46. The van der Waals surface area contributed by atoms with Crippen molar-refractivity contribution in [2.75, 3.05) is 14.1 Å². The van der Waals surface area contributed by atoms with E-state index in [1.807, 2.05) is 0 Å². The Morgan fingerprint density at radius 2 is 1.64 bits per heavy atom. The van der Waals surface area contributed by atoms with E-state index in [2.05, 4.69) is 4.72 Å². The second kappa shape index (κ2) is 5.50. The number of nitrogens with zero attached hydrogens (tertiary/aromatic N) is 2. The van der Waals surface area contributed by atoms with Gasteiger partial charge in [0.05, 0.1) is 0 Å². The summed E-state index contributed by atoms with van der Waals surface area (Å²) in [6.07, 6.45) is 0. The molecule has 4 nitrogen and oxygen atoms in total. The van der Waals surface area contributed by atoms with Crippen molar-refractivity contribution in [3.63, 3.8) is 0 Å². The van der Waals surface area contributed by atoms with Crippen LogP contribution >= 0.6 is 0 Å². The molecule has 0 bridgehead atoms. The average molecular weight is 188 g/mol. The zero-order valence-electron chi connectivity index (χ0n) is 7.70. The third kappa shape index (κ3) is 6.07. The van der Waals surface area contributed by atoms with E-state index < -0.39 is 10.2 Å². The molecule has 0 aliphatic rings. The smallest absolute Gasteiger partial charge is 0.533 e. The molecule has 0 aliphatic heterocycles. The minimum Gasteiger partial charge on any atom is -0.533 e. The van der Waals surface area contributed by atoms with Crippen molar-refractivity contribution < 1.29 is 38.0 Å².